The van der Waals surface area contributed by atoms with Crippen molar-refractivity contribution in [3.8, 4) is 73.4 Å². The molecule has 0 bridgehead atoms. The van der Waals surface area contributed by atoms with Gasteiger partial charge in [-0.25, -0.2) is 19.9 Å². The van der Waals surface area contributed by atoms with Crippen molar-refractivity contribution in [3.05, 3.63) is 315 Å². The summed E-state index contributed by atoms with van der Waals surface area (Å²) in [6, 6.07) is 108. The third-order valence-electron chi connectivity index (χ3n) is 18.9. The predicted octanol–water partition coefficient (Wildman–Crippen LogP) is 22.2. The van der Waals surface area contributed by atoms with E-state index >= 15 is 0 Å². The first kappa shape index (κ1) is 52.3. The lowest BCUT2D eigenvalue weighted by molar-refractivity contribution is 0.662. The van der Waals surface area contributed by atoms with Crippen LogP contribution in [0.3, 0.4) is 0 Å². The van der Waals surface area contributed by atoms with Gasteiger partial charge in [-0.3, -0.25) is 4.57 Å². The van der Waals surface area contributed by atoms with Crippen LogP contribution >= 0.6 is 0 Å². The van der Waals surface area contributed by atoms with E-state index in [1.807, 2.05) is 48.7 Å². The fourth-order valence-electron chi connectivity index (χ4n) is 14.7. The molecule has 0 radical (unpaired) electrons. The van der Waals surface area contributed by atoms with E-state index in [1.54, 1.807) is 0 Å². The molecule has 3 heterocycles. The lowest BCUT2D eigenvalue weighted by Crippen LogP contribution is -2.16. The van der Waals surface area contributed by atoms with Crippen molar-refractivity contribution in [2.75, 3.05) is 4.90 Å². The van der Waals surface area contributed by atoms with Crippen LogP contribution in [-0.2, 0) is 5.41 Å². The molecule has 0 saturated carbocycles. The maximum absolute atomic E-state index is 5.32. The van der Waals surface area contributed by atoms with Crippen molar-refractivity contribution in [3.63, 3.8) is 0 Å². The quantitative estimate of drug-likeness (QED) is 0.106. The van der Waals surface area contributed by atoms with Crippen LogP contribution in [0.4, 0.5) is 17.1 Å². The highest BCUT2D eigenvalue weighted by molar-refractivity contribution is 6.33. The number of fused-ring (bicyclic) bond motifs is 15. The summed E-state index contributed by atoms with van der Waals surface area (Å²) in [6.45, 7) is 4.82. The number of rotatable bonds is 9. The summed E-state index contributed by atoms with van der Waals surface area (Å²) in [7, 11) is 0. The van der Waals surface area contributed by atoms with Gasteiger partial charge in [-0.2, -0.15) is 0 Å². The Morgan fingerprint density at radius 3 is 1.54 bits per heavy atom. The van der Waals surface area contributed by atoms with Crippen molar-refractivity contribution in [2.45, 2.75) is 19.3 Å². The number of hydrogen-bond acceptors (Lipinski definition) is 5. The monoisotopic (exact) mass is 1160 g/mol. The minimum atomic E-state index is -0.385. The Morgan fingerprint density at radius 2 is 0.846 bits per heavy atom. The predicted molar refractivity (Wildman–Crippen MR) is 379 cm³/mol. The molecule has 0 N–H and O–H groups in total. The van der Waals surface area contributed by atoms with Gasteiger partial charge in [0, 0.05) is 61.5 Å². The topological polar surface area (TPSA) is 59.7 Å². The van der Waals surface area contributed by atoms with Gasteiger partial charge >= 0.3 is 0 Å². The minimum Gasteiger partial charge on any atom is -0.310 e. The first-order valence-electron chi connectivity index (χ1n) is 31.2. The molecule has 0 saturated heterocycles. The third kappa shape index (κ3) is 8.48. The SMILES string of the molecule is CC1(C)c2cc3c(cc2-c2cccc(-c4ccc5cc6cc(N(c7ccccc7)c7cccc(-c8ccccc8)c7)ccc6cc5c4)c21)c1ccc2c4ccccc4c4ccccc4c2c1n3-c1cc(-c2nc(-c3ccccc3)nc(-c3ccccc3)n2)ccn1. The van der Waals surface area contributed by atoms with Crippen LogP contribution in [-0.4, -0.2) is 24.5 Å². The lowest BCUT2D eigenvalue weighted by atomic mass is 9.78. The molecule has 91 heavy (non-hydrogen) atoms. The summed E-state index contributed by atoms with van der Waals surface area (Å²) in [5.41, 5.74) is 17.8. The number of anilines is 3. The Labute approximate surface area is 526 Å². The fraction of sp³-hybridized carbons (Fsp3) is 0.0353. The van der Waals surface area contributed by atoms with E-state index in [1.165, 1.54) is 104 Å². The molecular formula is C85H56N6. The van der Waals surface area contributed by atoms with Gasteiger partial charge in [0.05, 0.1) is 11.0 Å². The van der Waals surface area contributed by atoms with Crippen molar-refractivity contribution in [1.82, 2.24) is 24.5 Å². The number of pyridine rings is 1. The molecule has 14 aromatic carbocycles. The summed E-state index contributed by atoms with van der Waals surface area (Å²) in [5.74, 6) is 2.58. The number of hydrogen-bond donors (Lipinski definition) is 0. The van der Waals surface area contributed by atoms with Crippen molar-refractivity contribution >= 4 is 92.7 Å². The molecular weight excluding hydrogens is 1100 g/mol. The third-order valence-corrected chi connectivity index (χ3v) is 18.9. The van der Waals surface area contributed by atoms with Gasteiger partial charge in [-0.15, -0.1) is 0 Å². The normalized spacial score (nSPS) is 12.6. The molecule has 6 heteroatoms. The second kappa shape index (κ2) is 20.6. The van der Waals surface area contributed by atoms with Gasteiger partial charge in [-0.1, -0.05) is 232 Å². The van der Waals surface area contributed by atoms with E-state index in [-0.39, 0.29) is 5.41 Å². The molecule has 0 atom stereocenters. The van der Waals surface area contributed by atoms with Crippen LogP contribution in [0.25, 0.3) is 149 Å². The summed E-state index contributed by atoms with van der Waals surface area (Å²) in [4.78, 5) is 23.1. The van der Waals surface area contributed by atoms with Gasteiger partial charge < -0.3 is 4.90 Å². The molecule has 0 fully saturated rings. The van der Waals surface area contributed by atoms with E-state index in [4.69, 9.17) is 19.9 Å². The van der Waals surface area contributed by atoms with Crippen LogP contribution in [0.5, 0.6) is 0 Å². The minimum absolute atomic E-state index is 0.385. The maximum atomic E-state index is 5.32. The Bertz CT molecular complexity index is 5710. The second-order valence-electron chi connectivity index (χ2n) is 24.6. The smallest absolute Gasteiger partial charge is 0.164 e. The van der Waals surface area contributed by atoms with Crippen molar-refractivity contribution in [1.29, 1.82) is 0 Å². The molecule has 0 unspecified atom stereocenters. The average molecular weight is 1160 g/mol. The Morgan fingerprint density at radius 1 is 0.319 bits per heavy atom. The summed E-state index contributed by atoms with van der Waals surface area (Å²) >= 11 is 0. The number of nitrogens with zero attached hydrogens (tertiary/aromatic N) is 6. The van der Waals surface area contributed by atoms with Gasteiger partial charge in [0.15, 0.2) is 17.5 Å². The number of benzene rings is 14. The molecule has 426 valence electrons. The largest absolute Gasteiger partial charge is 0.310 e. The van der Waals surface area contributed by atoms with Crippen LogP contribution in [0.15, 0.2) is 303 Å². The van der Waals surface area contributed by atoms with E-state index in [0.29, 0.717) is 17.5 Å². The highest BCUT2D eigenvalue weighted by atomic mass is 15.1. The molecule has 3 aromatic heterocycles. The van der Waals surface area contributed by atoms with Crippen LogP contribution < -0.4 is 4.90 Å². The highest BCUT2D eigenvalue weighted by Gasteiger charge is 2.39. The van der Waals surface area contributed by atoms with Gasteiger partial charge in [0.25, 0.3) is 0 Å². The van der Waals surface area contributed by atoms with Gasteiger partial charge in [0.2, 0.25) is 0 Å². The van der Waals surface area contributed by atoms with Crippen molar-refractivity contribution < 1.29 is 0 Å². The molecule has 6 nitrogen and oxygen atoms in total. The second-order valence-corrected chi connectivity index (χ2v) is 24.6. The molecule has 18 rings (SSSR count). The van der Waals surface area contributed by atoms with Crippen LogP contribution in [0.2, 0.25) is 0 Å². The van der Waals surface area contributed by atoms with E-state index < -0.39 is 0 Å². The molecule has 17 aromatic rings. The first-order valence-corrected chi connectivity index (χ1v) is 31.2. The maximum Gasteiger partial charge on any atom is 0.164 e. The summed E-state index contributed by atoms with van der Waals surface area (Å²) < 4.78 is 2.43. The van der Waals surface area contributed by atoms with E-state index in [9.17, 15) is 0 Å². The van der Waals surface area contributed by atoms with Gasteiger partial charge in [-0.05, 0) is 172 Å². The zero-order valence-corrected chi connectivity index (χ0v) is 50.1. The van der Waals surface area contributed by atoms with Crippen LogP contribution in [0, 0.1) is 0 Å². The average Bonchev–Trinajstić information content (AvgIpc) is 1.55. The van der Waals surface area contributed by atoms with E-state index in [0.717, 1.165) is 56.0 Å². The van der Waals surface area contributed by atoms with E-state index in [2.05, 4.69) is 278 Å². The molecule has 0 amide bonds. The standard InChI is InChI=1S/C85H56N6/c1-85(2)76-52-77-75(51-74(76)72-36-20-35-66(80(72)85)59-38-37-57-46-62-49-65(40-39-58(62)45-61(57)47-59)90(63-28-13-6-14-29-63)64-30-19-27-56(48-64)53-21-7-3-8-22-53)73-42-41-71-69-33-16-15-31-67(69)68-32-17-18-34-70(68)79(71)81(73)91(77)78-50-60(43-44-86-78)84-88-82(54-23-9-4-10-24-54)87-83(89-84)55-25-11-5-12-26-55/h3-52H,1-2H3. The summed E-state index contributed by atoms with van der Waals surface area (Å²) in [5, 5.41) is 14.4. The molecule has 0 aliphatic heterocycles. The fourth-order valence-corrected chi connectivity index (χ4v) is 14.7. The lowest BCUT2D eigenvalue weighted by Gasteiger charge is -2.26. The summed E-state index contributed by atoms with van der Waals surface area (Å²) in [6.07, 6.45) is 1.91. The zero-order valence-electron chi connectivity index (χ0n) is 50.1. The number of aromatic nitrogens is 5. The highest BCUT2D eigenvalue weighted by Crippen LogP contribution is 2.55. The Hall–Kier alpha value is -11.9. The Kier molecular flexibility index (Phi) is 11.9. The van der Waals surface area contributed by atoms with Crippen molar-refractivity contribution in [2.24, 2.45) is 0 Å². The first-order chi connectivity index (χ1) is 44.9. The molecule has 0 spiro atoms. The molecule has 1 aliphatic rings. The van der Waals surface area contributed by atoms with Crippen LogP contribution in [0.1, 0.15) is 25.0 Å². The Balaban J connectivity index is 0.789. The van der Waals surface area contributed by atoms with Gasteiger partial charge in [0.1, 0.15) is 5.82 Å². The number of para-hydroxylation sites is 1. The molecule has 1 aliphatic carbocycles. The zero-order chi connectivity index (χ0) is 60.3.